The van der Waals surface area contributed by atoms with Crippen LogP contribution in [-0.2, 0) is 9.59 Å². The van der Waals surface area contributed by atoms with Crippen molar-refractivity contribution in [2.24, 2.45) is 0 Å². The van der Waals surface area contributed by atoms with Gasteiger partial charge in [-0.25, -0.2) is 0 Å². The van der Waals surface area contributed by atoms with Gasteiger partial charge in [-0.3, -0.25) is 24.6 Å². The summed E-state index contributed by atoms with van der Waals surface area (Å²) in [5.41, 5.74) is 1.35. The predicted octanol–water partition coefficient (Wildman–Crippen LogP) is 3.07. The Morgan fingerprint density at radius 1 is 1.10 bits per heavy atom. The lowest BCUT2D eigenvalue weighted by atomic mass is 10.2. The summed E-state index contributed by atoms with van der Waals surface area (Å²) in [6.07, 6.45) is 0. The van der Waals surface area contributed by atoms with Gasteiger partial charge in [0.2, 0.25) is 11.8 Å². The van der Waals surface area contributed by atoms with Gasteiger partial charge in [0.05, 0.1) is 36.5 Å². The summed E-state index contributed by atoms with van der Waals surface area (Å²) < 4.78 is 5.18. The number of carbonyl (C=O) groups is 2. The molecular formula is C19H21ClN4O5. The van der Waals surface area contributed by atoms with E-state index in [2.05, 4.69) is 10.6 Å². The number of rotatable bonds is 8. The number of ether oxygens (including phenoxy) is 1. The number of non-ortho nitro benzene ring substituents is 1. The van der Waals surface area contributed by atoms with Gasteiger partial charge >= 0.3 is 0 Å². The average Bonchev–Trinajstić information content (AvgIpc) is 2.63. The van der Waals surface area contributed by atoms with Crippen molar-refractivity contribution in [3.05, 3.63) is 57.1 Å². The van der Waals surface area contributed by atoms with Crippen LogP contribution in [0.15, 0.2) is 36.4 Å². The molecular weight excluding hydrogens is 400 g/mol. The van der Waals surface area contributed by atoms with Gasteiger partial charge in [-0.2, -0.15) is 0 Å². The zero-order valence-electron chi connectivity index (χ0n) is 16.2. The van der Waals surface area contributed by atoms with Crippen LogP contribution in [0.5, 0.6) is 5.75 Å². The molecule has 0 aromatic heterocycles. The number of nitrogens with one attached hydrogen (secondary N) is 2. The van der Waals surface area contributed by atoms with Crippen LogP contribution in [0.2, 0.25) is 5.02 Å². The molecule has 0 unspecified atom stereocenters. The molecule has 0 saturated carbocycles. The lowest BCUT2D eigenvalue weighted by molar-refractivity contribution is -0.384. The molecule has 9 nitrogen and oxygen atoms in total. The third-order valence-electron chi connectivity index (χ3n) is 3.97. The van der Waals surface area contributed by atoms with Gasteiger partial charge < -0.3 is 15.4 Å². The number of benzene rings is 2. The first-order chi connectivity index (χ1) is 13.7. The van der Waals surface area contributed by atoms with Gasteiger partial charge in [-0.05, 0) is 37.7 Å². The van der Waals surface area contributed by atoms with E-state index in [4.69, 9.17) is 16.3 Å². The van der Waals surface area contributed by atoms with Gasteiger partial charge in [0, 0.05) is 17.2 Å². The number of nitrogens with zero attached hydrogens (tertiary/aromatic N) is 2. The van der Waals surface area contributed by atoms with Gasteiger partial charge in [0.1, 0.15) is 5.75 Å². The number of hydrogen-bond donors (Lipinski definition) is 2. The Morgan fingerprint density at radius 2 is 1.72 bits per heavy atom. The van der Waals surface area contributed by atoms with E-state index in [1.165, 1.54) is 24.1 Å². The normalized spacial score (nSPS) is 10.5. The lowest BCUT2D eigenvalue weighted by Gasteiger charge is -2.17. The molecule has 0 aliphatic heterocycles. The summed E-state index contributed by atoms with van der Waals surface area (Å²) in [5, 5.41) is 16.7. The smallest absolute Gasteiger partial charge is 0.271 e. The molecule has 10 heteroatoms. The third-order valence-corrected chi connectivity index (χ3v) is 4.20. The molecule has 2 N–H and O–H groups in total. The van der Waals surface area contributed by atoms with E-state index in [-0.39, 0.29) is 24.7 Å². The highest BCUT2D eigenvalue weighted by molar-refractivity contribution is 6.31. The van der Waals surface area contributed by atoms with Crippen molar-refractivity contribution in [2.45, 2.75) is 6.92 Å². The van der Waals surface area contributed by atoms with Gasteiger partial charge in [0.15, 0.2) is 0 Å². The van der Waals surface area contributed by atoms with Crippen LogP contribution in [-0.4, -0.2) is 48.9 Å². The molecule has 0 radical (unpaired) electrons. The minimum Gasteiger partial charge on any atom is -0.495 e. The molecule has 0 fully saturated rings. The summed E-state index contributed by atoms with van der Waals surface area (Å²) in [6.45, 7) is 1.59. The molecule has 0 heterocycles. The van der Waals surface area contributed by atoms with E-state index in [1.807, 2.05) is 0 Å². The molecule has 154 valence electrons. The van der Waals surface area contributed by atoms with Gasteiger partial charge in [-0.1, -0.05) is 17.7 Å². The van der Waals surface area contributed by atoms with Crippen LogP contribution in [0.4, 0.5) is 17.1 Å². The van der Waals surface area contributed by atoms with Crippen LogP contribution in [0, 0.1) is 17.0 Å². The Hall–Kier alpha value is -3.17. The van der Waals surface area contributed by atoms with Crippen LogP contribution < -0.4 is 15.4 Å². The number of nitro benzene ring substituents is 1. The fraction of sp³-hybridized carbons (Fsp3) is 0.263. The predicted molar refractivity (Wildman–Crippen MR) is 111 cm³/mol. The monoisotopic (exact) mass is 420 g/mol. The number of likely N-dealkylation sites (N-methyl/N-ethyl adjacent to an activating group) is 1. The second kappa shape index (κ2) is 9.85. The standard InChI is InChI=1S/C19H21ClN4O5/c1-12-4-6-14(24(27)28)9-15(12)21-18(25)10-23(2)11-19(26)22-16-8-13(20)5-7-17(16)29-3/h4-9H,10-11H2,1-3H3,(H,21,25)(H,22,26). The molecule has 0 aliphatic rings. The number of aryl methyl sites for hydroxylation is 1. The maximum Gasteiger partial charge on any atom is 0.271 e. The minimum atomic E-state index is -0.532. The number of carbonyl (C=O) groups excluding carboxylic acids is 2. The van der Waals surface area contributed by atoms with Crippen molar-refractivity contribution >= 4 is 40.5 Å². The van der Waals surface area contributed by atoms with E-state index in [0.717, 1.165) is 0 Å². The lowest BCUT2D eigenvalue weighted by Crippen LogP contribution is -2.36. The van der Waals surface area contributed by atoms with E-state index < -0.39 is 10.8 Å². The molecule has 29 heavy (non-hydrogen) atoms. The molecule has 0 bridgehead atoms. The largest absolute Gasteiger partial charge is 0.495 e. The van der Waals surface area contributed by atoms with Gasteiger partial charge in [-0.15, -0.1) is 0 Å². The van der Waals surface area contributed by atoms with Crippen LogP contribution >= 0.6 is 11.6 Å². The van der Waals surface area contributed by atoms with Crippen LogP contribution in [0.1, 0.15) is 5.56 Å². The van der Waals surface area contributed by atoms with Crippen molar-refractivity contribution in [3.8, 4) is 5.75 Å². The Labute approximate surface area is 172 Å². The van der Waals surface area contributed by atoms with Gasteiger partial charge in [0.25, 0.3) is 5.69 Å². The van der Waals surface area contributed by atoms with Crippen molar-refractivity contribution in [3.63, 3.8) is 0 Å². The third kappa shape index (κ3) is 6.44. The Kier molecular flexibility index (Phi) is 7.52. The molecule has 2 rings (SSSR count). The quantitative estimate of drug-likeness (QED) is 0.501. The van der Waals surface area contributed by atoms with Crippen LogP contribution in [0.3, 0.4) is 0 Å². The first kappa shape index (κ1) is 22.1. The molecule has 0 aliphatic carbocycles. The van der Waals surface area contributed by atoms with Crippen molar-refractivity contribution in [1.29, 1.82) is 0 Å². The van der Waals surface area contributed by atoms with Crippen molar-refractivity contribution < 1.29 is 19.2 Å². The number of hydrogen-bond acceptors (Lipinski definition) is 6. The van der Waals surface area contributed by atoms with E-state index in [0.29, 0.717) is 27.7 Å². The number of methoxy groups -OCH3 is 1. The van der Waals surface area contributed by atoms with Crippen molar-refractivity contribution in [2.75, 3.05) is 37.9 Å². The van der Waals surface area contributed by atoms with E-state index in [9.17, 15) is 19.7 Å². The summed E-state index contributed by atoms with van der Waals surface area (Å²) >= 11 is 5.94. The van der Waals surface area contributed by atoms with Crippen LogP contribution in [0.25, 0.3) is 0 Å². The fourth-order valence-corrected chi connectivity index (χ4v) is 2.73. The maximum atomic E-state index is 12.3. The SMILES string of the molecule is COc1ccc(Cl)cc1NC(=O)CN(C)CC(=O)Nc1cc([N+](=O)[O-])ccc1C. The maximum absolute atomic E-state index is 12.3. The zero-order valence-corrected chi connectivity index (χ0v) is 16.9. The highest BCUT2D eigenvalue weighted by atomic mass is 35.5. The first-order valence-corrected chi connectivity index (χ1v) is 8.94. The summed E-state index contributed by atoms with van der Waals surface area (Å²) in [4.78, 5) is 36.4. The summed E-state index contributed by atoms with van der Waals surface area (Å²) in [5.74, 6) is -0.291. The Bertz CT molecular complexity index is 935. The second-order valence-corrected chi connectivity index (χ2v) is 6.81. The average molecular weight is 421 g/mol. The number of halogens is 1. The molecule has 2 aromatic carbocycles. The van der Waals surface area contributed by atoms with E-state index >= 15 is 0 Å². The highest BCUT2D eigenvalue weighted by Gasteiger charge is 2.15. The summed E-state index contributed by atoms with van der Waals surface area (Å²) in [6, 6.07) is 9.06. The minimum absolute atomic E-state index is 0.0585. The number of nitro groups is 1. The fourth-order valence-electron chi connectivity index (χ4n) is 2.56. The molecule has 0 saturated heterocycles. The first-order valence-electron chi connectivity index (χ1n) is 8.56. The van der Waals surface area contributed by atoms with E-state index in [1.54, 1.807) is 38.2 Å². The molecule has 0 spiro atoms. The zero-order chi connectivity index (χ0) is 21.6. The van der Waals surface area contributed by atoms with Crippen molar-refractivity contribution in [1.82, 2.24) is 4.90 Å². The highest BCUT2D eigenvalue weighted by Crippen LogP contribution is 2.27. The number of amides is 2. The Morgan fingerprint density at radius 3 is 2.31 bits per heavy atom. The topological polar surface area (TPSA) is 114 Å². The molecule has 2 aromatic rings. The molecule has 0 atom stereocenters. The summed E-state index contributed by atoms with van der Waals surface area (Å²) in [7, 11) is 3.08. The second-order valence-electron chi connectivity index (χ2n) is 6.37. The molecule has 2 amide bonds. The Balaban J connectivity index is 1.93. The number of anilines is 2.